The van der Waals surface area contributed by atoms with Gasteiger partial charge in [-0.15, -0.1) is 11.3 Å². The first-order valence-electron chi connectivity index (χ1n) is 4.81. The average molecular weight is 245 g/mol. The molecule has 0 amide bonds. The summed E-state index contributed by atoms with van der Waals surface area (Å²) in [5.74, 6) is -1.07. The maximum Gasteiger partial charge on any atom is 0.326 e. The molecule has 4 N–H and O–H groups in total. The standard InChI is InChI=1S/C9H15N3O3S/c1-15-4-2-3-11-9-12-6(5-16-9)7(10)8(13)14/h5,7H,2-4,10H2,1H3,(H,11,12)(H,13,14). The second-order valence-corrected chi connectivity index (χ2v) is 4.02. The summed E-state index contributed by atoms with van der Waals surface area (Å²) in [5.41, 5.74) is 5.81. The van der Waals surface area contributed by atoms with Gasteiger partial charge < -0.3 is 20.9 Å². The van der Waals surface area contributed by atoms with Gasteiger partial charge >= 0.3 is 5.97 Å². The van der Waals surface area contributed by atoms with Crippen molar-refractivity contribution in [3.05, 3.63) is 11.1 Å². The molecule has 0 aliphatic rings. The predicted molar refractivity (Wildman–Crippen MR) is 61.7 cm³/mol. The number of hydrogen-bond acceptors (Lipinski definition) is 6. The number of carboxylic acids is 1. The summed E-state index contributed by atoms with van der Waals surface area (Å²) in [7, 11) is 1.65. The van der Waals surface area contributed by atoms with E-state index in [0.29, 0.717) is 17.4 Å². The number of thiazole rings is 1. The molecule has 0 saturated carbocycles. The number of aliphatic carboxylic acids is 1. The maximum absolute atomic E-state index is 10.6. The molecule has 0 aliphatic heterocycles. The Morgan fingerprint density at radius 1 is 1.81 bits per heavy atom. The smallest absolute Gasteiger partial charge is 0.326 e. The summed E-state index contributed by atoms with van der Waals surface area (Å²) >= 11 is 1.35. The fraction of sp³-hybridized carbons (Fsp3) is 0.556. The molecule has 0 aliphatic carbocycles. The van der Waals surface area contributed by atoms with E-state index in [1.165, 1.54) is 11.3 Å². The Morgan fingerprint density at radius 2 is 2.56 bits per heavy atom. The number of rotatable bonds is 7. The van der Waals surface area contributed by atoms with Crippen molar-refractivity contribution in [3.63, 3.8) is 0 Å². The van der Waals surface area contributed by atoms with Crippen molar-refractivity contribution in [2.24, 2.45) is 5.73 Å². The highest BCUT2D eigenvalue weighted by Crippen LogP contribution is 2.19. The first kappa shape index (κ1) is 12.9. The molecule has 1 atom stereocenters. The molecule has 0 saturated heterocycles. The van der Waals surface area contributed by atoms with Gasteiger partial charge in [0.15, 0.2) is 5.13 Å². The lowest BCUT2D eigenvalue weighted by Gasteiger charge is -2.02. The molecular formula is C9H15N3O3S. The van der Waals surface area contributed by atoms with Crippen molar-refractivity contribution < 1.29 is 14.6 Å². The fourth-order valence-electron chi connectivity index (χ4n) is 1.05. The molecule has 1 rings (SSSR count). The molecule has 7 heteroatoms. The van der Waals surface area contributed by atoms with E-state index in [9.17, 15) is 4.79 Å². The third kappa shape index (κ3) is 3.76. The fourth-order valence-corrected chi connectivity index (χ4v) is 1.82. The van der Waals surface area contributed by atoms with E-state index in [1.54, 1.807) is 12.5 Å². The molecule has 0 fully saturated rings. The molecule has 1 aromatic rings. The first-order chi connectivity index (χ1) is 7.65. The summed E-state index contributed by atoms with van der Waals surface area (Å²) < 4.78 is 4.90. The minimum atomic E-state index is -1.07. The van der Waals surface area contributed by atoms with Gasteiger partial charge in [0.25, 0.3) is 0 Å². The topological polar surface area (TPSA) is 97.5 Å². The summed E-state index contributed by atoms with van der Waals surface area (Å²) in [6.45, 7) is 1.42. The van der Waals surface area contributed by atoms with E-state index in [-0.39, 0.29) is 0 Å². The zero-order valence-corrected chi connectivity index (χ0v) is 9.79. The predicted octanol–water partition coefficient (Wildman–Crippen LogP) is 0.676. The first-order valence-corrected chi connectivity index (χ1v) is 5.69. The highest BCUT2D eigenvalue weighted by molar-refractivity contribution is 7.13. The van der Waals surface area contributed by atoms with Crippen molar-refractivity contribution in [1.82, 2.24) is 4.98 Å². The zero-order valence-electron chi connectivity index (χ0n) is 8.97. The Bertz CT molecular complexity index is 342. The van der Waals surface area contributed by atoms with Gasteiger partial charge in [0, 0.05) is 25.6 Å². The number of nitrogens with one attached hydrogen (secondary N) is 1. The van der Waals surface area contributed by atoms with Crippen molar-refractivity contribution in [2.45, 2.75) is 12.5 Å². The van der Waals surface area contributed by atoms with Crippen LogP contribution in [0.25, 0.3) is 0 Å². The highest BCUT2D eigenvalue weighted by atomic mass is 32.1. The number of aromatic nitrogens is 1. The molecule has 1 heterocycles. The molecule has 16 heavy (non-hydrogen) atoms. The number of carbonyl (C=O) groups is 1. The van der Waals surface area contributed by atoms with Crippen molar-refractivity contribution in [3.8, 4) is 0 Å². The van der Waals surface area contributed by atoms with E-state index in [4.69, 9.17) is 15.6 Å². The molecule has 0 bridgehead atoms. The number of carboxylic acid groups (broad SMARTS) is 1. The van der Waals surface area contributed by atoms with Crippen molar-refractivity contribution in [1.29, 1.82) is 0 Å². The second kappa shape index (κ2) is 6.41. The van der Waals surface area contributed by atoms with E-state index in [2.05, 4.69) is 10.3 Å². The van der Waals surface area contributed by atoms with Crippen LogP contribution in [0.2, 0.25) is 0 Å². The van der Waals surface area contributed by atoms with E-state index >= 15 is 0 Å². The largest absolute Gasteiger partial charge is 0.480 e. The van der Waals surface area contributed by atoms with Gasteiger partial charge in [-0.1, -0.05) is 0 Å². The number of hydrogen-bond donors (Lipinski definition) is 3. The molecule has 0 radical (unpaired) electrons. The molecule has 1 aromatic heterocycles. The molecule has 0 spiro atoms. The third-order valence-electron chi connectivity index (χ3n) is 1.91. The van der Waals surface area contributed by atoms with E-state index in [1.807, 2.05) is 0 Å². The summed E-state index contributed by atoms with van der Waals surface area (Å²) in [4.78, 5) is 14.7. The van der Waals surface area contributed by atoms with E-state index < -0.39 is 12.0 Å². The third-order valence-corrected chi connectivity index (χ3v) is 2.73. The molecular weight excluding hydrogens is 230 g/mol. The van der Waals surface area contributed by atoms with Crippen LogP contribution in [-0.4, -0.2) is 36.3 Å². The highest BCUT2D eigenvalue weighted by Gasteiger charge is 2.17. The lowest BCUT2D eigenvalue weighted by atomic mass is 10.2. The lowest BCUT2D eigenvalue weighted by molar-refractivity contribution is -0.138. The molecule has 90 valence electrons. The van der Waals surface area contributed by atoms with Crippen molar-refractivity contribution >= 4 is 22.4 Å². The van der Waals surface area contributed by atoms with Crippen LogP contribution in [0.1, 0.15) is 18.2 Å². The Balaban J connectivity index is 2.42. The van der Waals surface area contributed by atoms with Gasteiger partial charge in [-0.3, -0.25) is 4.79 Å². The van der Waals surface area contributed by atoms with Crippen LogP contribution in [0.3, 0.4) is 0 Å². The number of nitrogens with two attached hydrogens (primary N) is 1. The molecule has 1 unspecified atom stereocenters. The zero-order chi connectivity index (χ0) is 12.0. The maximum atomic E-state index is 10.6. The molecule has 0 aromatic carbocycles. The van der Waals surface area contributed by atoms with Crippen molar-refractivity contribution in [2.75, 3.05) is 25.6 Å². The second-order valence-electron chi connectivity index (χ2n) is 3.17. The Labute approximate surface area is 97.4 Å². The van der Waals surface area contributed by atoms with Crippen LogP contribution < -0.4 is 11.1 Å². The van der Waals surface area contributed by atoms with Gasteiger partial charge in [-0.2, -0.15) is 0 Å². The minimum absolute atomic E-state index is 0.381. The van der Waals surface area contributed by atoms with Gasteiger partial charge in [0.2, 0.25) is 0 Å². The Morgan fingerprint density at radius 3 is 3.19 bits per heavy atom. The summed E-state index contributed by atoms with van der Waals surface area (Å²) in [5, 5.41) is 14.1. The van der Waals surface area contributed by atoms with Gasteiger partial charge in [-0.25, -0.2) is 4.98 Å². The number of ether oxygens (including phenoxy) is 1. The van der Waals surface area contributed by atoms with E-state index in [0.717, 1.165) is 13.0 Å². The minimum Gasteiger partial charge on any atom is -0.480 e. The average Bonchev–Trinajstić information content (AvgIpc) is 2.72. The van der Waals surface area contributed by atoms with Crippen LogP contribution in [0.4, 0.5) is 5.13 Å². The Hall–Kier alpha value is -1.18. The van der Waals surface area contributed by atoms with Gasteiger partial charge in [-0.05, 0) is 6.42 Å². The lowest BCUT2D eigenvalue weighted by Crippen LogP contribution is -2.20. The van der Waals surface area contributed by atoms with Gasteiger partial charge in [0.1, 0.15) is 6.04 Å². The monoisotopic (exact) mass is 245 g/mol. The number of nitrogens with zero attached hydrogens (tertiary/aromatic N) is 1. The van der Waals surface area contributed by atoms with Crippen LogP contribution in [0, 0.1) is 0 Å². The van der Waals surface area contributed by atoms with Crippen LogP contribution >= 0.6 is 11.3 Å². The number of anilines is 1. The summed E-state index contributed by atoms with van der Waals surface area (Å²) in [6, 6.07) is -1.05. The van der Waals surface area contributed by atoms with Crippen LogP contribution in [-0.2, 0) is 9.53 Å². The normalized spacial score (nSPS) is 12.4. The number of methoxy groups -OCH3 is 1. The van der Waals surface area contributed by atoms with Crippen LogP contribution in [0.15, 0.2) is 5.38 Å². The van der Waals surface area contributed by atoms with Gasteiger partial charge in [0.05, 0.1) is 5.69 Å². The SMILES string of the molecule is COCCCNc1nc(C(N)C(=O)O)cs1. The summed E-state index contributed by atoms with van der Waals surface area (Å²) in [6.07, 6.45) is 0.871. The molecule has 6 nitrogen and oxygen atoms in total. The quantitative estimate of drug-likeness (QED) is 0.611. The Kier molecular flexibility index (Phi) is 5.17. The van der Waals surface area contributed by atoms with Crippen LogP contribution in [0.5, 0.6) is 0 Å².